The second-order valence-corrected chi connectivity index (χ2v) is 12.3. The molecular weight excluding hydrogens is 472 g/mol. The third kappa shape index (κ3) is 4.98. The standard InChI is InChI=1S/C31H42N6O/c1-21-9-10-22(30(2,3)4)19-26(21)32-27-25-15-16-35(7)28(25)34-29(33-27)36-17-18-37(31(5,6)20-36)23-11-13-24(38-8)14-12-23/h9-14,19H,15-18,20H2,1-8H3,(H,32,33,34). The van der Waals surface area contributed by atoms with Gasteiger partial charge in [0.05, 0.1) is 12.6 Å². The van der Waals surface area contributed by atoms with Gasteiger partial charge in [-0.25, -0.2) is 0 Å². The average Bonchev–Trinajstić information content (AvgIpc) is 3.25. The SMILES string of the molecule is COc1ccc(N2CCN(c3nc(Nc4cc(C(C)(C)C)ccc4C)c4c(n3)N(C)CC4)CC2(C)C)cc1. The molecular formula is C31H42N6O. The fourth-order valence-electron chi connectivity index (χ4n) is 5.55. The number of fused-ring (bicyclic) bond motifs is 1. The molecule has 0 spiro atoms. The van der Waals surface area contributed by atoms with Crippen LogP contribution in [-0.4, -0.2) is 55.8 Å². The van der Waals surface area contributed by atoms with Crippen LogP contribution >= 0.6 is 0 Å². The molecule has 38 heavy (non-hydrogen) atoms. The highest BCUT2D eigenvalue weighted by Crippen LogP contribution is 2.37. The highest BCUT2D eigenvalue weighted by atomic mass is 16.5. The van der Waals surface area contributed by atoms with E-state index in [9.17, 15) is 0 Å². The Morgan fingerprint density at radius 1 is 0.974 bits per heavy atom. The smallest absolute Gasteiger partial charge is 0.229 e. The van der Waals surface area contributed by atoms with Crippen LogP contribution in [0.3, 0.4) is 0 Å². The number of ether oxygens (including phenoxy) is 1. The first-order valence-electron chi connectivity index (χ1n) is 13.6. The van der Waals surface area contributed by atoms with Crippen molar-refractivity contribution in [2.45, 2.75) is 58.9 Å². The quantitative estimate of drug-likeness (QED) is 0.453. The van der Waals surface area contributed by atoms with Gasteiger partial charge in [0.1, 0.15) is 17.4 Å². The molecule has 202 valence electrons. The molecule has 1 aromatic heterocycles. The van der Waals surface area contributed by atoms with Gasteiger partial charge >= 0.3 is 0 Å². The first-order chi connectivity index (χ1) is 18.0. The van der Waals surface area contributed by atoms with Crippen molar-refractivity contribution in [3.63, 3.8) is 0 Å². The van der Waals surface area contributed by atoms with Crippen molar-refractivity contribution in [2.75, 3.05) is 60.4 Å². The number of benzene rings is 2. The lowest BCUT2D eigenvalue weighted by atomic mass is 9.86. The Kier molecular flexibility index (Phi) is 6.66. The Bertz CT molecular complexity index is 1310. The second kappa shape index (κ2) is 9.68. The summed E-state index contributed by atoms with van der Waals surface area (Å²) in [5, 5.41) is 3.72. The number of rotatable bonds is 5. The minimum absolute atomic E-state index is 0.0816. The number of hydrogen-bond donors (Lipinski definition) is 1. The van der Waals surface area contributed by atoms with Gasteiger partial charge < -0.3 is 24.8 Å². The van der Waals surface area contributed by atoms with E-state index in [1.165, 1.54) is 22.4 Å². The fourth-order valence-corrected chi connectivity index (χ4v) is 5.55. The van der Waals surface area contributed by atoms with Gasteiger partial charge in [0, 0.05) is 50.2 Å². The summed E-state index contributed by atoms with van der Waals surface area (Å²) in [6.45, 7) is 17.1. The third-order valence-electron chi connectivity index (χ3n) is 7.96. The van der Waals surface area contributed by atoms with Crippen molar-refractivity contribution in [2.24, 2.45) is 0 Å². The molecule has 7 nitrogen and oxygen atoms in total. The van der Waals surface area contributed by atoms with E-state index >= 15 is 0 Å². The summed E-state index contributed by atoms with van der Waals surface area (Å²) in [7, 11) is 3.83. The summed E-state index contributed by atoms with van der Waals surface area (Å²) < 4.78 is 5.36. The van der Waals surface area contributed by atoms with Crippen LogP contribution in [0.1, 0.15) is 51.3 Å². The molecule has 0 aliphatic carbocycles. The maximum atomic E-state index is 5.36. The van der Waals surface area contributed by atoms with Crippen LogP contribution in [-0.2, 0) is 11.8 Å². The van der Waals surface area contributed by atoms with Crippen molar-refractivity contribution < 1.29 is 4.74 Å². The van der Waals surface area contributed by atoms with Gasteiger partial charge in [-0.1, -0.05) is 32.9 Å². The molecule has 1 N–H and O–H groups in total. The van der Waals surface area contributed by atoms with Crippen LogP contribution in [0.4, 0.5) is 29.0 Å². The van der Waals surface area contributed by atoms with Crippen LogP contribution in [0, 0.1) is 6.92 Å². The van der Waals surface area contributed by atoms with Gasteiger partial charge in [-0.3, -0.25) is 0 Å². The van der Waals surface area contributed by atoms with E-state index in [1.54, 1.807) is 7.11 Å². The number of anilines is 5. The van der Waals surface area contributed by atoms with Crippen molar-refractivity contribution in [1.29, 1.82) is 0 Å². The molecule has 0 unspecified atom stereocenters. The number of aromatic nitrogens is 2. The van der Waals surface area contributed by atoms with Crippen LogP contribution in [0.5, 0.6) is 5.75 Å². The molecule has 3 heterocycles. The van der Waals surface area contributed by atoms with E-state index in [4.69, 9.17) is 14.7 Å². The topological polar surface area (TPSA) is 56.8 Å². The summed E-state index contributed by atoms with van der Waals surface area (Å²) in [6.07, 6.45) is 0.948. The van der Waals surface area contributed by atoms with Crippen LogP contribution in [0.25, 0.3) is 0 Å². The predicted molar refractivity (Wildman–Crippen MR) is 159 cm³/mol. The van der Waals surface area contributed by atoms with Crippen LogP contribution < -0.4 is 24.8 Å². The Hall–Kier alpha value is -3.48. The van der Waals surface area contributed by atoms with Gasteiger partial charge in [0.2, 0.25) is 5.95 Å². The molecule has 0 radical (unpaired) electrons. The summed E-state index contributed by atoms with van der Waals surface area (Å²) in [4.78, 5) is 17.3. The third-order valence-corrected chi connectivity index (χ3v) is 7.96. The lowest BCUT2D eigenvalue weighted by Crippen LogP contribution is -2.60. The molecule has 0 atom stereocenters. The van der Waals surface area contributed by atoms with E-state index in [-0.39, 0.29) is 11.0 Å². The van der Waals surface area contributed by atoms with E-state index in [0.29, 0.717) is 0 Å². The van der Waals surface area contributed by atoms with Crippen LogP contribution in [0.2, 0.25) is 0 Å². The van der Waals surface area contributed by atoms with E-state index in [0.717, 1.165) is 61.6 Å². The zero-order valence-electron chi connectivity index (χ0n) is 24.2. The Labute approximate surface area is 227 Å². The van der Waals surface area contributed by atoms with Crippen molar-refractivity contribution in [3.05, 3.63) is 59.2 Å². The molecule has 0 amide bonds. The molecule has 5 rings (SSSR count). The molecule has 1 fully saturated rings. The Morgan fingerprint density at radius 2 is 1.71 bits per heavy atom. The summed E-state index contributed by atoms with van der Waals surface area (Å²) in [6, 6.07) is 15.1. The highest BCUT2D eigenvalue weighted by Gasteiger charge is 2.36. The summed E-state index contributed by atoms with van der Waals surface area (Å²) >= 11 is 0. The maximum absolute atomic E-state index is 5.36. The maximum Gasteiger partial charge on any atom is 0.229 e. The molecule has 7 heteroatoms. The molecule has 0 saturated carbocycles. The Morgan fingerprint density at radius 3 is 2.37 bits per heavy atom. The largest absolute Gasteiger partial charge is 0.497 e. The fraction of sp³-hybridized carbons (Fsp3) is 0.484. The summed E-state index contributed by atoms with van der Waals surface area (Å²) in [5.41, 5.74) is 6.04. The second-order valence-electron chi connectivity index (χ2n) is 12.3. The minimum Gasteiger partial charge on any atom is -0.497 e. The number of nitrogens with zero attached hydrogens (tertiary/aromatic N) is 5. The average molecular weight is 515 g/mol. The Balaban J connectivity index is 1.45. The molecule has 2 aromatic carbocycles. The van der Waals surface area contributed by atoms with E-state index in [2.05, 4.69) is 98.9 Å². The monoisotopic (exact) mass is 514 g/mol. The van der Waals surface area contributed by atoms with Gasteiger partial charge in [-0.05, 0) is 74.1 Å². The highest BCUT2D eigenvalue weighted by molar-refractivity contribution is 5.72. The molecule has 3 aromatic rings. The van der Waals surface area contributed by atoms with Crippen LogP contribution in [0.15, 0.2) is 42.5 Å². The van der Waals surface area contributed by atoms with Gasteiger partial charge in [0.15, 0.2) is 0 Å². The number of likely N-dealkylation sites (N-methyl/N-ethyl adjacent to an activating group) is 1. The van der Waals surface area contributed by atoms with E-state index in [1.807, 2.05) is 12.1 Å². The van der Waals surface area contributed by atoms with Crippen molar-refractivity contribution >= 4 is 29.0 Å². The minimum atomic E-state index is -0.0909. The molecule has 0 bridgehead atoms. The summed E-state index contributed by atoms with van der Waals surface area (Å²) in [5.74, 6) is 3.65. The predicted octanol–water partition coefficient (Wildman–Crippen LogP) is 5.93. The number of hydrogen-bond acceptors (Lipinski definition) is 7. The first-order valence-corrected chi connectivity index (χ1v) is 13.6. The molecule has 2 aliphatic rings. The lowest BCUT2D eigenvalue weighted by Gasteiger charge is -2.48. The number of piperazine rings is 1. The normalized spacial score (nSPS) is 17.0. The van der Waals surface area contributed by atoms with Gasteiger partial charge in [-0.15, -0.1) is 0 Å². The van der Waals surface area contributed by atoms with Crippen molar-refractivity contribution in [3.8, 4) is 5.75 Å². The van der Waals surface area contributed by atoms with Gasteiger partial charge in [-0.2, -0.15) is 9.97 Å². The van der Waals surface area contributed by atoms with E-state index < -0.39 is 0 Å². The zero-order chi connectivity index (χ0) is 27.2. The zero-order valence-corrected chi connectivity index (χ0v) is 24.2. The van der Waals surface area contributed by atoms with Gasteiger partial charge in [0.25, 0.3) is 0 Å². The number of aryl methyl sites for hydroxylation is 1. The number of methoxy groups -OCH3 is 1. The number of nitrogens with one attached hydrogen (secondary N) is 1. The first kappa shape index (κ1) is 26.1. The molecule has 2 aliphatic heterocycles. The van der Waals surface area contributed by atoms with Crippen molar-refractivity contribution in [1.82, 2.24) is 9.97 Å². The lowest BCUT2D eigenvalue weighted by molar-refractivity contribution is 0.408. The molecule has 1 saturated heterocycles.